The molecule has 0 aromatic rings. The van der Waals surface area contributed by atoms with Crippen LogP contribution in [0.25, 0.3) is 0 Å². The Kier molecular flexibility index (Phi) is 19.4. The Morgan fingerprint density at radius 1 is 0.867 bits per heavy atom. The summed E-state index contributed by atoms with van der Waals surface area (Å²) in [5.74, 6) is -3.75. The molecule has 11 atom stereocenters. The highest BCUT2D eigenvalue weighted by atomic mass is 16.6. The molecular weight excluding hydrogens is 763 g/mol. The third-order valence-corrected chi connectivity index (χ3v) is 13.9. The Bertz CT molecular complexity index is 1560. The van der Waals surface area contributed by atoms with E-state index >= 15 is 0 Å². The maximum Gasteiger partial charge on any atom is 0.329 e. The van der Waals surface area contributed by atoms with Crippen molar-refractivity contribution < 1.29 is 48.7 Å². The van der Waals surface area contributed by atoms with Crippen LogP contribution in [0.2, 0.25) is 0 Å². The Morgan fingerprint density at radius 3 is 2.28 bits per heavy atom. The van der Waals surface area contributed by atoms with E-state index in [1.54, 1.807) is 27.0 Å². The summed E-state index contributed by atoms with van der Waals surface area (Å²) in [6.07, 6.45) is 16.7. The van der Waals surface area contributed by atoms with Gasteiger partial charge in [0, 0.05) is 50.7 Å². The second kappa shape index (κ2) is 23.5. The summed E-state index contributed by atoms with van der Waals surface area (Å²) in [7, 11) is 1.65. The SMILES string of the molecule is CO[C@H]1C[C@@H]2CC[C@@H](C)[C@](O)(CC(=O)N3CCCC[C@H]3C(=O)OC([C@H](C)CC3CCC(O)CC3)CC(=O)[C@H](C)/C=C(\C)[C@@H](O)CC(=O)[C@H](C)C[C@H](C)/C=C/C=C/C=C/1C)O2. The van der Waals surface area contributed by atoms with Crippen LogP contribution in [0.4, 0.5) is 0 Å². The van der Waals surface area contributed by atoms with Crippen molar-refractivity contribution in [2.24, 2.45) is 35.5 Å². The van der Waals surface area contributed by atoms with Crippen molar-refractivity contribution in [3.05, 3.63) is 47.6 Å². The summed E-state index contributed by atoms with van der Waals surface area (Å²) in [4.78, 5) is 57.1. The zero-order valence-electron chi connectivity index (χ0n) is 37.9. The van der Waals surface area contributed by atoms with Gasteiger partial charge in [-0.2, -0.15) is 0 Å². The van der Waals surface area contributed by atoms with Crippen molar-refractivity contribution in [1.82, 2.24) is 4.90 Å². The molecule has 3 N–H and O–H groups in total. The first-order valence-corrected chi connectivity index (χ1v) is 22.9. The lowest BCUT2D eigenvalue weighted by Crippen LogP contribution is -2.55. The molecule has 3 fully saturated rings. The molecule has 0 radical (unpaired) electrons. The summed E-state index contributed by atoms with van der Waals surface area (Å²) >= 11 is 0. The number of hydrogen-bond acceptors (Lipinski definition) is 10. The van der Waals surface area contributed by atoms with Crippen LogP contribution in [0, 0.1) is 35.5 Å². The number of Topliss-reactive ketones (excluding diaryl/α,β-unsaturated/α-hetero) is 2. The predicted molar refractivity (Wildman–Crippen MR) is 232 cm³/mol. The van der Waals surface area contributed by atoms with E-state index in [0.29, 0.717) is 56.6 Å². The molecule has 4 aliphatic rings. The molecule has 1 aliphatic carbocycles. The van der Waals surface area contributed by atoms with E-state index in [0.717, 1.165) is 44.1 Å². The summed E-state index contributed by atoms with van der Waals surface area (Å²) < 4.78 is 18.6. The van der Waals surface area contributed by atoms with E-state index in [9.17, 15) is 34.5 Å². The summed E-state index contributed by atoms with van der Waals surface area (Å²) in [5.41, 5.74) is 1.53. The van der Waals surface area contributed by atoms with Gasteiger partial charge in [-0.25, -0.2) is 4.79 Å². The maximum absolute atomic E-state index is 14.2. The minimum Gasteiger partial charge on any atom is -0.460 e. The number of methoxy groups -OCH3 is 1. The second-order valence-corrected chi connectivity index (χ2v) is 19.0. The van der Waals surface area contributed by atoms with Crippen molar-refractivity contribution in [3.8, 4) is 0 Å². The third kappa shape index (κ3) is 14.6. The van der Waals surface area contributed by atoms with Gasteiger partial charge in [0.2, 0.25) is 5.91 Å². The molecule has 2 bridgehead atoms. The maximum atomic E-state index is 14.2. The molecule has 338 valence electrons. The number of amides is 1. The number of esters is 1. The Labute approximate surface area is 360 Å². The smallest absolute Gasteiger partial charge is 0.329 e. The Balaban J connectivity index is 1.63. The van der Waals surface area contributed by atoms with Crippen LogP contribution in [0.3, 0.4) is 0 Å². The summed E-state index contributed by atoms with van der Waals surface area (Å²) in [6.45, 7) is 13.7. The van der Waals surface area contributed by atoms with Crippen LogP contribution >= 0.6 is 0 Å². The average Bonchev–Trinajstić information content (AvgIpc) is 3.20. The van der Waals surface area contributed by atoms with E-state index < -0.39 is 35.9 Å². The fraction of sp³-hybridized carbons (Fsp3) is 0.755. The number of aliphatic hydroxyl groups excluding tert-OH is 2. The van der Waals surface area contributed by atoms with Crippen LogP contribution in [-0.2, 0) is 33.4 Å². The molecule has 1 saturated carbocycles. The number of carbonyl (C=O) groups is 4. The van der Waals surface area contributed by atoms with Crippen molar-refractivity contribution in [2.75, 3.05) is 13.7 Å². The number of cyclic esters (lactones) is 1. The molecule has 0 spiro atoms. The van der Waals surface area contributed by atoms with Crippen LogP contribution in [0.15, 0.2) is 47.6 Å². The third-order valence-electron chi connectivity index (χ3n) is 13.9. The van der Waals surface area contributed by atoms with E-state index in [2.05, 4.69) is 13.0 Å². The molecule has 11 nitrogen and oxygen atoms in total. The number of fused-ring (bicyclic) bond motifs is 3. The number of carbonyl (C=O) groups excluding carboxylic acids is 4. The molecule has 3 aliphatic heterocycles. The first-order chi connectivity index (χ1) is 28.4. The number of piperidine rings is 1. The normalized spacial score (nSPS) is 40.2. The van der Waals surface area contributed by atoms with Gasteiger partial charge in [-0.15, -0.1) is 0 Å². The van der Waals surface area contributed by atoms with Gasteiger partial charge in [-0.3, -0.25) is 14.4 Å². The number of ether oxygens (including phenoxy) is 3. The average molecular weight is 840 g/mol. The first kappa shape index (κ1) is 49.7. The highest BCUT2D eigenvalue weighted by Gasteiger charge is 2.46. The van der Waals surface area contributed by atoms with Gasteiger partial charge < -0.3 is 34.4 Å². The van der Waals surface area contributed by atoms with E-state index in [-0.39, 0.29) is 78.7 Å². The Morgan fingerprint density at radius 2 is 1.58 bits per heavy atom. The number of nitrogens with zero attached hydrogens (tertiary/aromatic N) is 1. The number of allylic oxidation sites excluding steroid dienone is 6. The molecule has 1 amide bonds. The van der Waals surface area contributed by atoms with Crippen molar-refractivity contribution in [1.29, 1.82) is 0 Å². The van der Waals surface area contributed by atoms with Crippen LogP contribution in [0.1, 0.15) is 145 Å². The Hall–Kier alpha value is -2.96. The van der Waals surface area contributed by atoms with Crippen LogP contribution in [0.5, 0.6) is 0 Å². The van der Waals surface area contributed by atoms with Crippen molar-refractivity contribution in [3.63, 3.8) is 0 Å². The molecule has 3 heterocycles. The fourth-order valence-electron chi connectivity index (χ4n) is 9.59. The lowest BCUT2D eigenvalue weighted by molar-refractivity contribution is -0.284. The number of rotatable bonds is 4. The lowest BCUT2D eigenvalue weighted by Gasteiger charge is -2.44. The topological polar surface area (TPSA) is 160 Å². The van der Waals surface area contributed by atoms with Crippen molar-refractivity contribution in [2.45, 2.75) is 187 Å². The fourth-order valence-corrected chi connectivity index (χ4v) is 9.59. The zero-order chi connectivity index (χ0) is 44.1. The monoisotopic (exact) mass is 840 g/mol. The van der Waals surface area contributed by atoms with Gasteiger partial charge in [-0.1, -0.05) is 71.1 Å². The van der Waals surface area contributed by atoms with Crippen LogP contribution in [-0.4, -0.2) is 99.7 Å². The van der Waals surface area contributed by atoms with Gasteiger partial charge >= 0.3 is 5.97 Å². The number of hydrogen-bond donors (Lipinski definition) is 3. The van der Waals surface area contributed by atoms with Crippen LogP contribution < -0.4 is 0 Å². The minimum atomic E-state index is -1.72. The molecule has 4 rings (SSSR count). The van der Waals surface area contributed by atoms with Gasteiger partial charge in [0.1, 0.15) is 23.7 Å². The van der Waals surface area contributed by atoms with E-state index in [1.165, 1.54) is 4.90 Å². The van der Waals surface area contributed by atoms with E-state index in [4.69, 9.17) is 14.2 Å². The highest BCUT2D eigenvalue weighted by Crippen LogP contribution is 2.38. The van der Waals surface area contributed by atoms with E-state index in [1.807, 2.05) is 52.0 Å². The standard InChI is InChI=1S/C49H77NO10/c1-31-14-10-9-11-15-32(2)45(58-8)27-40-22-17-37(7)49(57,60-40)30-47(55)50-23-13-12-16-41(50)48(56)59-46(36(6)26-38-18-20-39(51)21-19-38)29-44(54)35(5)25-34(4)43(53)28-42(52)33(3)24-31/h9-11,14-15,25,31,33,35-41,43,45-46,51,53,57H,12-13,16-24,26-30H2,1-8H3/b11-9+,14-10+,32-15+,34-25+/t31-,33-,35-,36-,37-,38?,39?,40+,41+,43+,45+,46?,49+/m1/s1. The predicted octanol–water partition coefficient (Wildman–Crippen LogP) is 7.75. The molecule has 0 aromatic carbocycles. The quantitative estimate of drug-likeness (QED) is 0.189. The van der Waals surface area contributed by atoms with Gasteiger partial charge in [-0.05, 0) is 113 Å². The second-order valence-electron chi connectivity index (χ2n) is 19.0. The van der Waals surface area contributed by atoms with Gasteiger partial charge in [0.05, 0.1) is 30.8 Å². The molecule has 60 heavy (non-hydrogen) atoms. The summed E-state index contributed by atoms with van der Waals surface area (Å²) in [6, 6.07) is -0.860. The molecular formula is C49H77NO10. The molecule has 1 unspecified atom stereocenters. The van der Waals surface area contributed by atoms with Gasteiger partial charge in [0.25, 0.3) is 0 Å². The first-order valence-electron chi connectivity index (χ1n) is 22.9. The highest BCUT2D eigenvalue weighted by molar-refractivity contribution is 5.86. The minimum absolute atomic E-state index is 0.0376. The number of ketones is 2. The molecule has 11 heteroatoms. The van der Waals surface area contributed by atoms with Gasteiger partial charge in [0.15, 0.2) is 5.79 Å². The zero-order valence-corrected chi connectivity index (χ0v) is 37.9. The molecule has 0 aromatic heterocycles. The number of aliphatic hydroxyl groups is 3. The largest absolute Gasteiger partial charge is 0.460 e. The lowest BCUT2D eigenvalue weighted by atomic mass is 9.79. The summed E-state index contributed by atoms with van der Waals surface area (Å²) in [5, 5.41) is 33.2. The molecule has 2 saturated heterocycles. The van der Waals surface area contributed by atoms with Crippen molar-refractivity contribution >= 4 is 23.4 Å².